The summed E-state index contributed by atoms with van der Waals surface area (Å²) in [5, 5.41) is 24.1. The first-order valence-corrected chi connectivity index (χ1v) is 6.95. The molecule has 0 aliphatic carbocycles. The van der Waals surface area contributed by atoms with Crippen LogP contribution in [0.5, 0.6) is 0 Å². The lowest BCUT2D eigenvalue weighted by Gasteiger charge is -2.08. The molecule has 0 fully saturated rings. The zero-order valence-electron chi connectivity index (χ0n) is 11.7. The number of tetrazole rings is 1. The highest BCUT2D eigenvalue weighted by Crippen LogP contribution is 2.07. The van der Waals surface area contributed by atoms with E-state index in [4.69, 9.17) is 5.11 Å². The average Bonchev–Trinajstić information content (AvgIpc) is 2.96. The number of para-hydroxylation sites is 1. The van der Waals surface area contributed by atoms with E-state index in [-0.39, 0.29) is 6.61 Å². The summed E-state index contributed by atoms with van der Waals surface area (Å²) in [4.78, 5) is 0. The third kappa shape index (κ3) is 4.11. The van der Waals surface area contributed by atoms with E-state index in [2.05, 4.69) is 27.8 Å². The van der Waals surface area contributed by atoms with E-state index < -0.39 is 0 Å². The Morgan fingerprint density at radius 3 is 2.85 bits per heavy atom. The zero-order chi connectivity index (χ0) is 14.2. The molecule has 2 rings (SSSR count). The average molecular weight is 275 g/mol. The van der Waals surface area contributed by atoms with Gasteiger partial charge in [0.05, 0.1) is 12.2 Å². The predicted octanol–water partition coefficient (Wildman–Crippen LogP) is 1.16. The molecule has 2 aromatic rings. The Kier molecular flexibility index (Phi) is 5.64. The maximum Gasteiger partial charge on any atom is 0.170 e. The number of aliphatic hydroxyl groups excluding tert-OH is 1. The predicted molar refractivity (Wildman–Crippen MR) is 76.3 cm³/mol. The molecule has 1 aromatic heterocycles. The van der Waals surface area contributed by atoms with Gasteiger partial charge in [-0.3, -0.25) is 0 Å². The molecular formula is C14H21N5O. The van der Waals surface area contributed by atoms with E-state index in [1.54, 1.807) is 4.68 Å². The Morgan fingerprint density at radius 2 is 2.10 bits per heavy atom. The van der Waals surface area contributed by atoms with Crippen molar-refractivity contribution in [3.63, 3.8) is 0 Å². The van der Waals surface area contributed by atoms with Gasteiger partial charge in [-0.25, -0.2) is 0 Å². The first kappa shape index (κ1) is 14.6. The van der Waals surface area contributed by atoms with Crippen molar-refractivity contribution in [1.29, 1.82) is 0 Å². The van der Waals surface area contributed by atoms with Gasteiger partial charge in [0, 0.05) is 6.61 Å². The number of nitrogens with one attached hydrogen (secondary N) is 1. The maximum absolute atomic E-state index is 8.95. The normalized spacial score (nSPS) is 12.5. The first-order chi connectivity index (χ1) is 9.81. The van der Waals surface area contributed by atoms with Gasteiger partial charge in [0.25, 0.3) is 0 Å². The standard InChI is InChI=1S/C14H21N5O/c1-12(11-20)6-5-9-15-10-14-16-17-18-19(14)13-7-3-2-4-8-13/h2-4,7-8,12,15,20H,5-6,9-11H2,1H3. The highest BCUT2D eigenvalue weighted by molar-refractivity contribution is 5.30. The molecular weight excluding hydrogens is 254 g/mol. The second kappa shape index (κ2) is 7.72. The number of nitrogens with zero attached hydrogens (tertiary/aromatic N) is 4. The third-order valence-electron chi connectivity index (χ3n) is 3.18. The summed E-state index contributed by atoms with van der Waals surface area (Å²) in [7, 11) is 0. The fraction of sp³-hybridized carbons (Fsp3) is 0.500. The van der Waals surface area contributed by atoms with Crippen LogP contribution in [0.2, 0.25) is 0 Å². The molecule has 1 aromatic carbocycles. The van der Waals surface area contributed by atoms with Gasteiger partial charge >= 0.3 is 0 Å². The van der Waals surface area contributed by atoms with Crippen LogP contribution in [-0.4, -0.2) is 38.5 Å². The molecule has 0 bridgehead atoms. The Bertz CT molecular complexity index is 499. The zero-order valence-corrected chi connectivity index (χ0v) is 11.7. The number of rotatable bonds is 8. The minimum atomic E-state index is 0.256. The van der Waals surface area contributed by atoms with Crippen LogP contribution in [-0.2, 0) is 6.54 Å². The molecule has 0 amide bonds. The van der Waals surface area contributed by atoms with Gasteiger partial charge in [0.1, 0.15) is 0 Å². The Labute approximate surface area is 118 Å². The second-order valence-corrected chi connectivity index (χ2v) is 4.95. The minimum absolute atomic E-state index is 0.256. The number of benzene rings is 1. The van der Waals surface area contributed by atoms with Crippen molar-refractivity contribution in [1.82, 2.24) is 25.5 Å². The van der Waals surface area contributed by atoms with Gasteiger partial charge in [0.15, 0.2) is 5.82 Å². The number of aliphatic hydroxyl groups is 1. The first-order valence-electron chi connectivity index (χ1n) is 6.95. The monoisotopic (exact) mass is 275 g/mol. The number of aromatic nitrogens is 4. The van der Waals surface area contributed by atoms with Crippen molar-refractivity contribution >= 4 is 0 Å². The van der Waals surface area contributed by atoms with Gasteiger partial charge in [-0.15, -0.1) is 5.10 Å². The Morgan fingerprint density at radius 1 is 1.30 bits per heavy atom. The lowest BCUT2D eigenvalue weighted by molar-refractivity contribution is 0.228. The SMILES string of the molecule is CC(CO)CCCNCc1nnnn1-c1ccccc1. The van der Waals surface area contributed by atoms with Crippen molar-refractivity contribution in [3.05, 3.63) is 36.2 Å². The van der Waals surface area contributed by atoms with Crippen molar-refractivity contribution in [3.8, 4) is 5.69 Å². The summed E-state index contributed by atoms with van der Waals surface area (Å²) >= 11 is 0. The van der Waals surface area contributed by atoms with Crippen LogP contribution in [0.3, 0.4) is 0 Å². The van der Waals surface area contributed by atoms with Crippen LogP contribution < -0.4 is 5.32 Å². The quantitative estimate of drug-likeness (QED) is 0.707. The van der Waals surface area contributed by atoms with Crippen LogP contribution in [0.15, 0.2) is 30.3 Å². The lowest BCUT2D eigenvalue weighted by atomic mass is 10.1. The fourth-order valence-electron chi connectivity index (χ4n) is 1.95. The molecule has 6 heteroatoms. The molecule has 1 heterocycles. The van der Waals surface area contributed by atoms with E-state index in [1.807, 2.05) is 30.3 Å². The number of hydrogen-bond acceptors (Lipinski definition) is 5. The van der Waals surface area contributed by atoms with Gasteiger partial charge < -0.3 is 10.4 Å². The van der Waals surface area contributed by atoms with Gasteiger partial charge in [-0.2, -0.15) is 4.68 Å². The molecule has 0 aliphatic rings. The van der Waals surface area contributed by atoms with Gasteiger partial charge in [0.2, 0.25) is 0 Å². The van der Waals surface area contributed by atoms with Crippen molar-refractivity contribution in [2.45, 2.75) is 26.3 Å². The van der Waals surface area contributed by atoms with Crippen LogP contribution >= 0.6 is 0 Å². The number of hydrogen-bond donors (Lipinski definition) is 2. The summed E-state index contributed by atoms with van der Waals surface area (Å²) in [5.41, 5.74) is 0.961. The fourth-order valence-corrected chi connectivity index (χ4v) is 1.95. The van der Waals surface area contributed by atoms with Crippen LogP contribution in [0.25, 0.3) is 5.69 Å². The maximum atomic E-state index is 8.95. The lowest BCUT2D eigenvalue weighted by Crippen LogP contribution is -2.19. The summed E-state index contributed by atoms with van der Waals surface area (Å²) in [6.45, 7) is 3.84. The molecule has 108 valence electrons. The highest BCUT2D eigenvalue weighted by Gasteiger charge is 2.07. The summed E-state index contributed by atoms with van der Waals surface area (Å²) in [6.07, 6.45) is 2.06. The summed E-state index contributed by atoms with van der Waals surface area (Å²) in [5.74, 6) is 1.16. The highest BCUT2D eigenvalue weighted by atomic mass is 16.3. The summed E-state index contributed by atoms with van der Waals surface area (Å²) < 4.78 is 1.74. The molecule has 0 saturated heterocycles. The van der Waals surface area contributed by atoms with Crippen molar-refractivity contribution < 1.29 is 5.11 Å². The Hall–Kier alpha value is -1.79. The van der Waals surface area contributed by atoms with Crippen molar-refractivity contribution in [2.24, 2.45) is 5.92 Å². The van der Waals surface area contributed by atoms with Crippen molar-refractivity contribution in [2.75, 3.05) is 13.2 Å². The molecule has 0 aliphatic heterocycles. The van der Waals surface area contributed by atoms with Crippen LogP contribution in [0.4, 0.5) is 0 Å². The largest absolute Gasteiger partial charge is 0.396 e. The van der Waals surface area contributed by atoms with E-state index in [9.17, 15) is 0 Å². The van der Waals surface area contributed by atoms with E-state index in [1.165, 1.54) is 0 Å². The molecule has 6 nitrogen and oxygen atoms in total. The molecule has 20 heavy (non-hydrogen) atoms. The Balaban J connectivity index is 1.81. The van der Waals surface area contributed by atoms with Gasteiger partial charge in [-0.1, -0.05) is 25.1 Å². The second-order valence-electron chi connectivity index (χ2n) is 4.95. The molecule has 0 radical (unpaired) electrons. The molecule has 1 unspecified atom stereocenters. The van der Waals surface area contributed by atoms with E-state index in [0.29, 0.717) is 12.5 Å². The minimum Gasteiger partial charge on any atom is -0.396 e. The van der Waals surface area contributed by atoms with E-state index >= 15 is 0 Å². The third-order valence-corrected chi connectivity index (χ3v) is 3.18. The molecule has 0 spiro atoms. The topological polar surface area (TPSA) is 75.9 Å². The molecule has 1 atom stereocenters. The van der Waals surface area contributed by atoms with Gasteiger partial charge in [-0.05, 0) is 47.9 Å². The van der Waals surface area contributed by atoms with Crippen LogP contribution in [0, 0.1) is 5.92 Å². The molecule has 2 N–H and O–H groups in total. The summed E-state index contributed by atoms with van der Waals surface area (Å²) in [6, 6.07) is 9.84. The van der Waals surface area contributed by atoms with E-state index in [0.717, 1.165) is 30.9 Å². The molecule has 0 saturated carbocycles. The smallest absolute Gasteiger partial charge is 0.170 e. The van der Waals surface area contributed by atoms with Crippen LogP contribution in [0.1, 0.15) is 25.6 Å².